The molecule has 0 atom stereocenters. The van der Waals surface area contributed by atoms with Gasteiger partial charge in [-0.25, -0.2) is 8.42 Å². The van der Waals surface area contributed by atoms with Crippen LogP contribution in [0.1, 0.15) is 24.8 Å². The minimum Gasteiger partial charge on any atom is -0.330 e. The Morgan fingerprint density at radius 3 is 2.44 bits per heavy atom. The largest absolute Gasteiger partial charge is 0.330 e. The lowest BCUT2D eigenvalue weighted by molar-refractivity contribution is 0.589. The van der Waals surface area contributed by atoms with Crippen LogP contribution in [-0.2, 0) is 9.84 Å². The standard InChI is InChI=1S/C12H19NO2S/c1-11-7-3-4-8-12(11)16(14,15)10-6-2-5-9-13/h3-4,7-8H,2,5-6,9-10,13H2,1H3. The van der Waals surface area contributed by atoms with Gasteiger partial charge in [-0.05, 0) is 37.9 Å². The van der Waals surface area contributed by atoms with Crippen LogP contribution < -0.4 is 5.73 Å². The van der Waals surface area contributed by atoms with E-state index in [2.05, 4.69) is 0 Å². The summed E-state index contributed by atoms with van der Waals surface area (Å²) in [5, 5.41) is 0. The second-order valence-corrected chi connectivity index (χ2v) is 6.01. The SMILES string of the molecule is Cc1ccccc1S(=O)(=O)CCCCCN. The van der Waals surface area contributed by atoms with Crippen LogP contribution in [0.15, 0.2) is 29.2 Å². The van der Waals surface area contributed by atoms with Crippen molar-refractivity contribution in [2.75, 3.05) is 12.3 Å². The van der Waals surface area contributed by atoms with Gasteiger partial charge in [0.05, 0.1) is 10.6 Å². The Morgan fingerprint density at radius 1 is 1.12 bits per heavy atom. The number of nitrogens with two attached hydrogens (primary N) is 1. The molecule has 0 aliphatic carbocycles. The van der Waals surface area contributed by atoms with Gasteiger partial charge in [0.2, 0.25) is 0 Å². The fraction of sp³-hybridized carbons (Fsp3) is 0.500. The summed E-state index contributed by atoms with van der Waals surface area (Å²) >= 11 is 0. The first-order valence-corrected chi connectivity index (χ1v) is 7.21. The number of aryl methyl sites for hydroxylation is 1. The lowest BCUT2D eigenvalue weighted by Gasteiger charge is -2.06. The molecule has 0 fully saturated rings. The molecule has 16 heavy (non-hydrogen) atoms. The molecule has 1 aromatic carbocycles. The van der Waals surface area contributed by atoms with E-state index in [1.165, 1.54) is 0 Å². The number of benzene rings is 1. The van der Waals surface area contributed by atoms with Crippen LogP contribution in [0.4, 0.5) is 0 Å². The highest BCUT2D eigenvalue weighted by Gasteiger charge is 2.15. The molecule has 0 spiro atoms. The smallest absolute Gasteiger partial charge is 0.178 e. The molecule has 0 heterocycles. The minimum absolute atomic E-state index is 0.220. The summed E-state index contributed by atoms with van der Waals surface area (Å²) in [5.41, 5.74) is 6.18. The molecule has 0 bridgehead atoms. The third-order valence-corrected chi connectivity index (χ3v) is 4.50. The van der Waals surface area contributed by atoms with E-state index in [9.17, 15) is 8.42 Å². The molecule has 1 rings (SSSR count). The van der Waals surface area contributed by atoms with E-state index in [4.69, 9.17) is 5.73 Å². The molecule has 0 aromatic heterocycles. The normalized spacial score (nSPS) is 11.6. The van der Waals surface area contributed by atoms with Crippen molar-refractivity contribution in [2.24, 2.45) is 5.73 Å². The highest BCUT2D eigenvalue weighted by molar-refractivity contribution is 7.91. The van der Waals surface area contributed by atoms with E-state index in [1.54, 1.807) is 12.1 Å². The summed E-state index contributed by atoms with van der Waals surface area (Å²) < 4.78 is 24.0. The third-order valence-electron chi connectivity index (χ3n) is 2.55. The molecule has 2 N–H and O–H groups in total. The summed E-state index contributed by atoms with van der Waals surface area (Å²) in [6.45, 7) is 2.46. The molecule has 0 unspecified atom stereocenters. The van der Waals surface area contributed by atoms with Crippen LogP contribution in [0.25, 0.3) is 0 Å². The van der Waals surface area contributed by atoms with Crippen LogP contribution >= 0.6 is 0 Å². The van der Waals surface area contributed by atoms with Crippen molar-refractivity contribution >= 4 is 9.84 Å². The van der Waals surface area contributed by atoms with Gasteiger partial charge in [0.15, 0.2) is 9.84 Å². The maximum absolute atomic E-state index is 12.0. The van der Waals surface area contributed by atoms with E-state index in [0.717, 1.165) is 18.4 Å². The first-order valence-electron chi connectivity index (χ1n) is 5.56. The molecule has 90 valence electrons. The van der Waals surface area contributed by atoms with Gasteiger partial charge in [0.25, 0.3) is 0 Å². The second-order valence-electron chi connectivity index (χ2n) is 3.93. The van der Waals surface area contributed by atoms with Gasteiger partial charge in [-0.15, -0.1) is 0 Å². The average molecular weight is 241 g/mol. The Labute approximate surface area is 97.6 Å². The van der Waals surface area contributed by atoms with Gasteiger partial charge >= 0.3 is 0 Å². The minimum atomic E-state index is -3.11. The number of unbranched alkanes of at least 4 members (excludes halogenated alkanes) is 2. The predicted molar refractivity (Wildman–Crippen MR) is 66.1 cm³/mol. The maximum Gasteiger partial charge on any atom is 0.178 e. The number of hydrogen-bond donors (Lipinski definition) is 1. The van der Waals surface area contributed by atoms with Crippen molar-refractivity contribution in [3.63, 3.8) is 0 Å². The lowest BCUT2D eigenvalue weighted by atomic mass is 10.2. The topological polar surface area (TPSA) is 60.2 Å². The first-order chi connectivity index (χ1) is 7.58. The fourth-order valence-corrected chi connectivity index (χ4v) is 3.28. The van der Waals surface area contributed by atoms with Crippen molar-refractivity contribution < 1.29 is 8.42 Å². The van der Waals surface area contributed by atoms with Crippen LogP contribution in [0.2, 0.25) is 0 Å². The van der Waals surface area contributed by atoms with Gasteiger partial charge < -0.3 is 5.73 Å². The molecule has 4 heteroatoms. The molecule has 1 aromatic rings. The van der Waals surface area contributed by atoms with Crippen molar-refractivity contribution in [3.8, 4) is 0 Å². The summed E-state index contributed by atoms with van der Waals surface area (Å²) in [7, 11) is -3.11. The van der Waals surface area contributed by atoms with Crippen molar-refractivity contribution in [3.05, 3.63) is 29.8 Å². The van der Waals surface area contributed by atoms with Crippen LogP contribution in [0.3, 0.4) is 0 Å². The quantitative estimate of drug-likeness (QED) is 0.774. The Hall–Kier alpha value is -0.870. The lowest BCUT2D eigenvalue weighted by Crippen LogP contribution is -2.09. The van der Waals surface area contributed by atoms with Gasteiger partial charge in [-0.1, -0.05) is 24.6 Å². The molecule has 0 aliphatic heterocycles. The van der Waals surface area contributed by atoms with Crippen molar-refractivity contribution in [1.82, 2.24) is 0 Å². The summed E-state index contributed by atoms with van der Waals surface area (Å²) in [6.07, 6.45) is 2.46. The van der Waals surface area contributed by atoms with E-state index in [0.29, 0.717) is 17.9 Å². The molecule has 0 radical (unpaired) electrons. The summed E-state index contributed by atoms with van der Waals surface area (Å²) in [5.74, 6) is 0.220. The zero-order valence-corrected chi connectivity index (χ0v) is 10.5. The predicted octanol–water partition coefficient (Wildman–Crippen LogP) is 1.90. The molecular weight excluding hydrogens is 222 g/mol. The van der Waals surface area contributed by atoms with Crippen LogP contribution in [0.5, 0.6) is 0 Å². The third kappa shape index (κ3) is 3.61. The average Bonchev–Trinajstić information content (AvgIpc) is 2.25. The molecule has 3 nitrogen and oxygen atoms in total. The number of rotatable bonds is 6. The second kappa shape index (κ2) is 6.01. The van der Waals surface area contributed by atoms with Crippen LogP contribution in [-0.4, -0.2) is 20.7 Å². The monoisotopic (exact) mass is 241 g/mol. The summed E-state index contributed by atoms with van der Waals surface area (Å²) in [6, 6.07) is 7.11. The summed E-state index contributed by atoms with van der Waals surface area (Å²) in [4.78, 5) is 0.461. The zero-order valence-electron chi connectivity index (χ0n) is 9.65. The van der Waals surface area contributed by atoms with E-state index >= 15 is 0 Å². The van der Waals surface area contributed by atoms with Gasteiger partial charge in [-0.3, -0.25) is 0 Å². The van der Waals surface area contributed by atoms with Crippen molar-refractivity contribution in [2.45, 2.75) is 31.1 Å². The molecular formula is C12H19NO2S. The number of hydrogen-bond acceptors (Lipinski definition) is 3. The Kier molecular flexibility index (Phi) is 4.96. The van der Waals surface area contributed by atoms with Gasteiger partial charge in [0, 0.05) is 0 Å². The number of sulfone groups is 1. The molecule has 0 saturated heterocycles. The molecule has 0 aliphatic rings. The Morgan fingerprint density at radius 2 is 1.81 bits per heavy atom. The maximum atomic E-state index is 12.0. The fourth-order valence-electron chi connectivity index (χ4n) is 1.63. The van der Waals surface area contributed by atoms with E-state index in [-0.39, 0.29) is 5.75 Å². The molecule has 0 amide bonds. The van der Waals surface area contributed by atoms with E-state index < -0.39 is 9.84 Å². The molecule has 0 saturated carbocycles. The first kappa shape index (κ1) is 13.2. The van der Waals surface area contributed by atoms with Gasteiger partial charge in [0.1, 0.15) is 0 Å². The van der Waals surface area contributed by atoms with Crippen molar-refractivity contribution in [1.29, 1.82) is 0 Å². The van der Waals surface area contributed by atoms with E-state index in [1.807, 2.05) is 19.1 Å². The Bertz CT molecular complexity index is 426. The van der Waals surface area contributed by atoms with Crippen LogP contribution in [0, 0.1) is 6.92 Å². The highest BCUT2D eigenvalue weighted by Crippen LogP contribution is 2.17. The highest BCUT2D eigenvalue weighted by atomic mass is 32.2. The van der Waals surface area contributed by atoms with Gasteiger partial charge in [-0.2, -0.15) is 0 Å². The Balaban J connectivity index is 2.68. The zero-order chi connectivity index (χ0) is 12.0.